The van der Waals surface area contributed by atoms with Gasteiger partial charge in [-0.1, -0.05) is 29.3 Å². The van der Waals surface area contributed by atoms with Crippen LogP contribution in [-0.2, 0) is 17.9 Å². The fourth-order valence-electron chi connectivity index (χ4n) is 3.01. The minimum atomic E-state index is -0.424. The molecule has 1 fully saturated rings. The monoisotopic (exact) mass is 413 g/mol. The Hall–Kier alpha value is -1.53. The Balaban J connectivity index is 1.66. The van der Waals surface area contributed by atoms with Gasteiger partial charge in [-0.2, -0.15) is 0 Å². The molecular weight excluding hydrogens is 392 g/mol. The summed E-state index contributed by atoms with van der Waals surface area (Å²) in [5, 5.41) is 4.07. The highest BCUT2D eigenvalue weighted by atomic mass is 35.5. The molecule has 0 radical (unpaired) electrons. The van der Waals surface area contributed by atoms with Gasteiger partial charge in [0.05, 0.1) is 23.3 Å². The summed E-state index contributed by atoms with van der Waals surface area (Å²) in [6, 6.07) is 8.17. The van der Waals surface area contributed by atoms with Gasteiger partial charge < -0.3 is 19.5 Å². The van der Waals surface area contributed by atoms with Gasteiger partial charge >= 0.3 is 0 Å². The second-order valence-corrected chi connectivity index (χ2v) is 7.18. The molecule has 1 atom stereocenters. The van der Waals surface area contributed by atoms with Gasteiger partial charge in [-0.3, -0.25) is 0 Å². The van der Waals surface area contributed by atoms with E-state index in [0.29, 0.717) is 28.1 Å². The maximum absolute atomic E-state index is 13.9. The number of hydrogen-bond donors (Lipinski definition) is 1. The summed E-state index contributed by atoms with van der Waals surface area (Å²) in [7, 11) is 1.54. The van der Waals surface area contributed by atoms with E-state index in [1.54, 1.807) is 12.1 Å². The van der Waals surface area contributed by atoms with Gasteiger partial charge in [0.25, 0.3) is 0 Å². The predicted octanol–water partition coefficient (Wildman–Crippen LogP) is 4.99. The molecule has 2 aromatic rings. The van der Waals surface area contributed by atoms with Crippen LogP contribution in [0.3, 0.4) is 0 Å². The van der Waals surface area contributed by atoms with Crippen LogP contribution in [0, 0.1) is 5.82 Å². The van der Waals surface area contributed by atoms with Crippen LogP contribution in [0.1, 0.15) is 24.0 Å². The highest BCUT2D eigenvalue weighted by Gasteiger charge is 2.17. The molecule has 2 aromatic carbocycles. The van der Waals surface area contributed by atoms with Crippen LogP contribution in [0.2, 0.25) is 10.0 Å². The van der Waals surface area contributed by atoms with Crippen molar-refractivity contribution in [2.75, 3.05) is 20.3 Å². The van der Waals surface area contributed by atoms with Crippen LogP contribution in [0.4, 0.5) is 4.39 Å². The Morgan fingerprint density at radius 1 is 1.26 bits per heavy atom. The van der Waals surface area contributed by atoms with E-state index in [1.807, 2.05) is 12.1 Å². The standard InChI is InChI=1S/C20H22Cl2FNO3/c1-25-19-9-13(10-24-11-14-4-3-7-26-14)8-17(22)20(19)27-12-15-16(21)5-2-6-18(15)23/h2,5-6,8-9,14,24H,3-4,7,10-12H2,1H3. The lowest BCUT2D eigenvalue weighted by molar-refractivity contribution is 0.110. The summed E-state index contributed by atoms with van der Waals surface area (Å²) in [6.45, 7) is 2.22. The SMILES string of the molecule is COc1cc(CNCC2CCCO2)cc(Cl)c1OCc1c(F)cccc1Cl. The predicted molar refractivity (Wildman–Crippen MR) is 104 cm³/mol. The van der Waals surface area contributed by atoms with E-state index in [-0.39, 0.29) is 18.3 Å². The molecule has 3 rings (SSSR count). The zero-order valence-corrected chi connectivity index (χ0v) is 16.6. The molecule has 146 valence electrons. The fraction of sp³-hybridized carbons (Fsp3) is 0.400. The molecule has 1 saturated heterocycles. The molecule has 1 aliphatic heterocycles. The average Bonchev–Trinajstić information content (AvgIpc) is 3.15. The first-order valence-electron chi connectivity index (χ1n) is 8.83. The highest BCUT2D eigenvalue weighted by molar-refractivity contribution is 6.32. The third-order valence-electron chi connectivity index (χ3n) is 4.44. The van der Waals surface area contributed by atoms with Crippen molar-refractivity contribution >= 4 is 23.2 Å². The van der Waals surface area contributed by atoms with Gasteiger partial charge in [-0.05, 0) is 42.7 Å². The van der Waals surface area contributed by atoms with Crippen LogP contribution >= 0.6 is 23.2 Å². The summed E-state index contributed by atoms with van der Waals surface area (Å²) in [5.41, 5.74) is 1.24. The Labute approximate surface area is 168 Å². The van der Waals surface area contributed by atoms with Gasteiger partial charge in [-0.15, -0.1) is 0 Å². The lowest BCUT2D eigenvalue weighted by atomic mass is 10.2. The summed E-state index contributed by atoms with van der Waals surface area (Å²) in [6.07, 6.45) is 2.47. The normalized spacial score (nSPS) is 16.5. The van der Waals surface area contributed by atoms with E-state index in [4.69, 9.17) is 37.4 Å². The zero-order chi connectivity index (χ0) is 19.2. The topological polar surface area (TPSA) is 39.7 Å². The largest absolute Gasteiger partial charge is 0.493 e. The van der Waals surface area contributed by atoms with Crippen LogP contribution in [0.5, 0.6) is 11.5 Å². The van der Waals surface area contributed by atoms with E-state index in [0.717, 1.165) is 31.6 Å². The number of methoxy groups -OCH3 is 1. The molecule has 0 aliphatic carbocycles. The van der Waals surface area contributed by atoms with Crippen molar-refractivity contribution < 1.29 is 18.6 Å². The number of hydrogen-bond acceptors (Lipinski definition) is 4. The summed E-state index contributed by atoms with van der Waals surface area (Å²) < 4.78 is 30.7. The average molecular weight is 414 g/mol. The minimum Gasteiger partial charge on any atom is -0.493 e. The highest BCUT2D eigenvalue weighted by Crippen LogP contribution is 2.37. The second kappa shape index (κ2) is 9.60. The van der Waals surface area contributed by atoms with Crippen molar-refractivity contribution in [1.29, 1.82) is 0 Å². The number of nitrogens with one attached hydrogen (secondary N) is 1. The third-order valence-corrected chi connectivity index (χ3v) is 5.07. The molecule has 1 aliphatic rings. The first-order valence-corrected chi connectivity index (χ1v) is 9.58. The van der Waals surface area contributed by atoms with Crippen molar-refractivity contribution in [3.05, 3.63) is 57.3 Å². The van der Waals surface area contributed by atoms with Crippen molar-refractivity contribution in [1.82, 2.24) is 5.32 Å². The molecule has 0 saturated carbocycles. The summed E-state index contributed by atoms with van der Waals surface area (Å²) >= 11 is 12.4. The maximum Gasteiger partial charge on any atom is 0.180 e. The Morgan fingerprint density at radius 2 is 2.11 bits per heavy atom. The first kappa shape index (κ1) is 20.2. The minimum absolute atomic E-state index is 0.0435. The molecule has 0 amide bonds. The molecule has 27 heavy (non-hydrogen) atoms. The molecule has 1 heterocycles. The summed E-state index contributed by atoms with van der Waals surface area (Å²) in [4.78, 5) is 0. The van der Waals surface area contributed by atoms with Gasteiger partial charge in [0, 0.05) is 25.3 Å². The maximum atomic E-state index is 13.9. The fourth-order valence-corrected chi connectivity index (χ4v) is 3.52. The molecule has 7 heteroatoms. The quantitative estimate of drug-likeness (QED) is 0.661. The van der Waals surface area contributed by atoms with Crippen LogP contribution in [0.25, 0.3) is 0 Å². The van der Waals surface area contributed by atoms with E-state index in [2.05, 4.69) is 5.32 Å². The molecule has 4 nitrogen and oxygen atoms in total. The van der Waals surface area contributed by atoms with Crippen molar-refractivity contribution in [2.24, 2.45) is 0 Å². The Bertz CT molecular complexity index is 762. The van der Waals surface area contributed by atoms with Crippen molar-refractivity contribution in [3.8, 4) is 11.5 Å². The van der Waals surface area contributed by atoms with Gasteiger partial charge in [-0.25, -0.2) is 4.39 Å². The van der Waals surface area contributed by atoms with Gasteiger partial charge in [0.1, 0.15) is 12.4 Å². The lowest BCUT2D eigenvalue weighted by Crippen LogP contribution is -2.25. The number of halogens is 3. The summed E-state index contributed by atoms with van der Waals surface area (Å²) in [5.74, 6) is 0.429. The zero-order valence-electron chi connectivity index (χ0n) is 15.1. The number of rotatable bonds is 8. The van der Waals surface area contributed by atoms with Crippen molar-refractivity contribution in [2.45, 2.75) is 32.1 Å². The molecule has 1 N–H and O–H groups in total. The van der Waals surface area contributed by atoms with Crippen LogP contribution in [-0.4, -0.2) is 26.4 Å². The van der Waals surface area contributed by atoms with E-state index in [9.17, 15) is 4.39 Å². The van der Waals surface area contributed by atoms with E-state index in [1.165, 1.54) is 13.2 Å². The smallest absolute Gasteiger partial charge is 0.180 e. The van der Waals surface area contributed by atoms with E-state index >= 15 is 0 Å². The third kappa shape index (κ3) is 5.26. The molecule has 1 unspecified atom stereocenters. The van der Waals surface area contributed by atoms with Gasteiger partial charge in [0.15, 0.2) is 11.5 Å². The molecule has 0 spiro atoms. The van der Waals surface area contributed by atoms with E-state index < -0.39 is 5.82 Å². The molecule has 0 aromatic heterocycles. The molecule has 0 bridgehead atoms. The second-order valence-electron chi connectivity index (χ2n) is 6.36. The number of ether oxygens (including phenoxy) is 3. The van der Waals surface area contributed by atoms with Crippen LogP contribution < -0.4 is 14.8 Å². The first-order chi connectivity index (χ1) is 13.1. The Kier molecular flexibility index (Phi) is 7.19. The van der Waals surface area contributed by atoms with Crippen molar-refractivity contribution in [3.63, 3.8) is 0 Å². The molecular formula is C20H22Cl2FNO3. The number of benzene rings is 2. The van der Waals surface area contributed by atoms with Crippen LogP contribution in [0.15, 0.2) is 30.3 Å². The Morgan fingerprint density at radius 3 is 2.81 bits per heavy atom. The lowest BCUT2D eigenvalue weighted by Gasteiger charge is -2.16. The van der Waals surface area contributed by atoms with Gasteiger partial charge in [0.2, 0.25) is 0 Å².